The number of rotatable bonds is 5. The minimum atomic E-state index is -0.819. The van der Waals surface area contributed by atoms with Crippen molar-refractivity contribution in [3.63, 3.8) is 0 Å². The third kappa shape index (κ3) is 4.29. The van der Waals surface area contributed by atoms with Crippen LogP contribution in [0.25, 0.3) is 11.3 Å². The van der Waals surface area contributed by atoms with E-state index in [9.17, 15) is 14.0 Å². The van der Waals surface area contributed by atoms with E-state index in [0.717, 1.165) is 0 Å². The van der Waals surface area contributed by atoms with Crippen molar-refractivity contribution in [2.24, 2.45) is 0 Å². The third-order valence-corrected chi connectivity index (χ3v) is 3.97. The fourth-order valence-electron chi connectivity index (χ4n) is 2.59. The Balaban J connectivity index is 1.99. The van der Waals surface area contributed by atoms with Crippen LogP contribution in [0.2, 0.25) is 0 Å². The van der Waals surface area contributed by atoms with E-state index in [1.165, 1.54) is 32.4 Å². The Bertz CT molecular complexity index is 1090. The molecule has 0 saturated heterocycles. The Morgan fingerprint density at radius 1 is 0.966 bits per heavy atom. The van der Waals surface area contributed by atoms with Crippen LogP contribution in [0.5, 0.6) is 0 Å². The number of nitrogen functional groups attached to an aromatic ring is 1. The van der Waals surface area contributed by atoms with Crippen LogP contribution >= 0.6 is 0 Å². The summed E-state index contributed by atoms with van der Waals surface area (Å²) in [7, 11) is 2.53. The van der Waals surface area contributed by atoms with E-state index < -0.39 is 17.8 Å². The topological polar surface area (TPSA) is 116 Å². The van der Waals surface area contributed by atoms with Crippen molar-refractivity contribution in [2.45, 2.75) is 0 Å². The standard InChI is InChI=1S/C20H17FN4O4/c1-28-18(26)12-6-3-5-11(9-12)16-15(21)17(22)25-20(24-16)23-14-8-4-7-13(10-14)19(27)29-2/h3-10H,1-2H3,(H3,22,23,24,25). The summed E-state index contributed by atoms with van der Waals surface area (Å²) in [4.78, 5) is 31.5. The number of aromatic nitrogens is 2. The van der Waals surface area contributed by atoms with Gasteiger partial charge in [0.05, 0.1) is 25.3 Å². The highest BCUT2D eigenvalue weighted by atomic mass is 19.1. The molecule has 0 unspecified atom stereocenters. The molecule has 8 nitrogen and oxygen atoms in total. The van der Waals surface area contributed by atoms with Gasteiger partial charge in [-0.15, -0.1) is 0 Å². The zero-order valence-corrected chi connectivity index (χ0v) is 15.6. The minimum Gasteiger partial charge on any atom is -0.465 e. The second-order valence-electron chi connectivity index (χ2n) is 5.86. The van der Waals surface area contributed by atoms with E-state index in [-0.39, 0.29) is 23.0 Å². The monoisotopic (exact) mass is 396 g/mol. The van der Waals surface area contributed by atoms with Crippen molar-refractivity contribution >= 4 is 29.4 Å². The predicted octanol–water partition coefficient (Wildman–Crippen LogP) is 3.18. The number of carbonyl (C=O) groups is 2. The van der Waals surface area contributed by atoms with E-state index in [2.05, 4.69) is 24.8 Å². The largest absolute Gasteiger partial charge is 0.465 e. The Kier molecular flexibility index (Phi) is 5.68. The molecule has 0 saturated carbocycles. The molecule has 3 rings (SSSR count). The molecule has 0 aliphatic heterocycles. The van der Waals surface area contributed by atoms with Crippen LogP contribution in [0, 0.1) is 5.82 Å². The fourth-order valence-corrected chi connectivity index (χ4v) is 2.59. The lowest BCUT2D eigenvalue weighted by Crippen LogP contribution is -2.07. The summed E-state index contributed by atoms with van der Waals surface area (Å²) >= 11 is 0. The van der Waals surface area contributed by atoms with Gasteiger partial charge in [-0.1, -0.05) is 18.2 Å². The van der Waals surface area contributed by atoms with Crippen LogP contribution in [-0.2, 0) is 9.47 Å². The maximum atomic E-state index is 14.6. The van der Waals surface area contributed by atoms with Gasteiger partial charge in [0.15, 0.2) is 11.6 Å². The van der Waals surface area contributed by atoms with Gasteiger partial charge in [-0.3, -0.25) is 0 Å². The zero-order valence-electron chi connectivity index (χ0n) is 15.6. The molecule has 0 spiro atoms. The molecule has 9 heteroatoms. The maximum Gasteiger partial charge on any atom is 0.337 e. The Hall–Kier alpha value is -4.01. The van der Waals surface area contributed by atoms with Crippen LogP contribution in [0.1, 0.15) is 20.7 Å². The normalized spacial score (nSPS) is 10.3. The summed E-state index contributed by atoms with van der Waals surface area (Å²) in [6.45, 7) is 0. The van der Waals surface area contributed by atoms with Gasteiger partial charge < -0.3 is 20.5 Å². The average molecular weight is 396 g/mol. The van der Waals surface area contributed by atoms with E-state index in [0.29, 0.717) is 16.8 Å². The molecular formula is C20H17FN4O4. The molecular weight excluding hydrogens is 379 g/mol. The molecule has 29 heavy (non-hydrogen) atoms. The molecule has 3 N–H and O–H groups in total. The highest BCUT2D eigenvalue weighted by molar-refractivity contribution is 5.91. The number of esters is 2. The van der Waals surface area contributed by atoms with Gasteiger partial charge in [0, 0.05) is 11.3 Å². The van der Waals surface area contributed by atoms with Crippen molar-refractivity contribution in [2.75, 3.05) is 25.3 Å². The number of anilines is 3. The number of methoxy groups -OCH3 is 2. The van der Waals surface area contributed by atoms with Gasteiger partial charge in [0.2, 0.25) is 5.95 Å². The van der Waals surface area contributed by atoms with Gasteiger partial charge in [-0.05, 0) is 30.3 Å². The van der Waals surface area contributed by atoms with Crippen LogP contribution < -0.4 is 11.1 Å². The molecule has 148 valence electrons. The molecule has 1 heterocycles. The molecule has 0 radical (unpaired) electrons. The second kappa shape index (κ2) is 8.34. The van der Waals surface area contributed by atoms with Crippen LogP contribution in [0.4, 0.5) is 21.8 Å². The van der Waals surface area contributed by atoms with Crippen LogP contribution in [0.3, 0.4) is 0 Å². The maximum absolute atomic E-state index is 14.6. The van der Waals surface area contributed by atoms with E-state index in [1.54, 1.807) is 30.3 Å². The summed E-state index contributed by atoms with van der Waals surface area (Å²) in [5.74, 6) is -2.24. The lowest BCUT2D eigenvalue weighted by atomic mass is 10.1. The summed E-state index contributed by atoms with van der Waals surface area (Å²) in [6.07, 6.45) is 0. The first-order chi connectivity index (χ1) is 13.9. The van der Waals surface area contributed by atoms with Crippen molar-refractivity contribution in [1.29, 1.82) is 0 Å². The van der Waals surface area contributed by atoms with Gasteiger partial charge in [0.1, 0.15) is 5.69 Å². The van der Waals surface area contributed by atoms with Crippen molar-refractivity contribution in [3.8, 4) is 11.3 Å². The quantitative estimate of drug-likeness (QED) is 0.632. The Labute approximate surface area is 165 Å². The van der Waals surface area contributed by atoms with Gasteiger partial charge in [-0.2, -0.15) is 4.98 Å². The molecule has 0 bridgehead atoms. The number of nitrogens with two attached hydrogens (primary N) is 1. The van der Waals surface area contributed by atoms with E-state index >= 15 is 0 Å². The lowest BCUT2D eigenvalue weighted by Gasteiger charge is -2.11. The zero-order chi connectivity index (χ0) is 21.0. The van der Waals surface area contributed by atoms with Crippen LogP contribution in [0.15, 0.2) is 48.5 Å². The number of hydrogen-bond donors (Lipinski definition) is 2. The van der Waals surface area contributed by atoms with E-state index in [4.69, 9.17) is 5.73 Å². The smallest absolute Gasteiger partial charge is 0.337 e. The van der Waals surface area contributed by atoms with E-state index in [1.807, 2.05) is 0 Å². The molecule has 1 aromatic heterocycles. The van der Waals surface area contributed by atoms with Crippen molar-refractivity contribution in [3.05, 3.63) is 65.5 Å². The summed E-state index contributed by atoms with van der Waals surface area (Å²) in [6, 6.07) is 12.6. The number of halogens is 1. The van der Waals surface area contributed by atoms with Crippen LogP contribution in [-0.4, -0.2) is 36.1 Å². The number of carbonyl (C=O) groups excluding carboxylic acids is 2. The molecule has 0 amide bonds. The number of hydrogen-bond acceptors (Lipinski definition) is 8. The highest BCUT2D eigenvalue weighted by Gasteiger charge is 2.16. The minimum absolute atomic E-state index is 0.0180. The molecule has 0 fully saturated rings. The number of nitrogens with zero attached hydrogens (tertiary/aromatic N) is 2. The first-order valence-corrected chi connectivity index (χ1v) is 8.40. The molecule has 0 aliphatic rings. The van der Waals surface area contributed by atoms with Crippen molar-refractivity contribution in [1.82, 2.24) is 9.97 Å². The fraction of sp³-hybridized carbons (Fsp3) is 0.100. The summed E-state index contributed by atoms with van der Waals surface area (Å²) < 4.78 is 24.0. The summed E-state index contributed by atoms with van der Waals surface area (Å²) in [5, 5.41) is 2.88. The predicted molar refractivity (Wildman–Crippen MR) is 104 cm³/mol. The SMILES string of the molecule is COC(=O)c1cccc(Nc2nc(N)c(F)c(-c3cccc(C(=O)OC)c3)n2)c1. The van der Waals surface area contributed by atoms with Crippen molar-refractivity contribution < 1.29 is 23.5 Å². The first-order valence-electron chi connectivity index (χ1n) is 8.40. The third-order valence-electron chi connectivity index (χ3n) is 3.97. The van der Waals surface area contributed by atoms with Gasteiger partial charge in [0.25, 0.3) is 0 Å². The molecule has 2 aromatic carbocycles. The lowest BCUT2D eigenvalue weighted by molar-refractivity contribution is 0.0592. The number of nitrogens with one attached hydrogen (secondary N) is 1. The summed E-state index contributed by atoms with van der Waals surface area (Å²) in [5.41, 5.74) is 6.98. The Morgan fingerprint density at radius 3 is 2.24 bits per heavy atom. The Morgan fingerprint density at radius 2 is 1.59 bits per heavy atom. The molecule has 0 atom stereocenters. The first kappa shape index (κ1) is 19.7. The van der Waals surface area contributed by atoms with Gasteiger partial charge >= 0.3 is 11.9 Å². The average Bonchev–Trinajstić information content (AvgIpc) is 2.75. The highest BCUT2D eigenvalue weighted by Crippen LogP contribution is 2.27. The molecule has 0 aliphatic carbocycles. The number of benzene rings is 2. The van der Waals surface area contributed by atoms with Gasteiger partial charge in [-0.25, -0.2) is 19.0 Å². The molecule has 3 aromatic rings. The second-order valence-corrected chi connectivity index (χ2v) is 5.86. The number of ether oxygens (including phenoxy) is 2.